The summed E-state index contributed by atoms with van der Waals surface area (Å²) in [6.45, 7) is 0. The molecule has 122 valence electrons. The minimum atomic E-state index is -4.53. The molecule has 1 aliphatic rings. The zero-order valence-corrected chi connectivity index (χ0v) is 11.8. The molecule has 0 aliphatic carbocycles. The van der Waals surface area contributed by atoms with Crippen LogP contribution in [0.3, 0.4) is 0 Å². The van der Waals surface area contributed by atoms with Crippen LogP contribution in [-0.2, 0) is 4.74 Å². The molecule has 1 heterocycles. The molecule has 3 N–H and O–H groups in total. The number of ether oxygens (including phenoxy) is 2. The fourth-order valence-electron chi connectivity index (χ4n) is 2.00. The van der Waals surface area contributed by atoms with Crippen LogP contribution in [0.5, 0.6) is 5.75 Å². The minimum Gasteiger partial charge on any atom is -0.497 e. The zero-order valence-electron chi connectivity index (χ0n) is 11.8. The maximum absolute atomic E-state index is 13.1. The van der Waals surface area contributed by atoms with Crippen LogP contribution in [0.1, 0.15) is 11.6 Å². The van der Waals surface area contributed by atoms with E-state index in [1.807, 2.05) is 0 Å². The maximum Gasteiger partial charge on any atom is 0.440 e. The van der Waals surface area contributed by atoms with E-state index in [0.717, 1.165) is 7.11 Å². The monoisotopic (exact) mass is 320 g/mol. The van der Waals surface area contributed by atoms with Crippen molar-refractivity contribution in [1.82, 2.24) is 21.5 Å². The number of amides is 1. The van der Waals surface area contributed by atoms with Crippen LogP contribution >= 0.6 is 0 Å². The third-order valence-corrected chi connectivity index (χ3v) is 3.12. The number of carbonyl (C=O) groups is 1. The van der Waals surface area contributed by atoms with Gasteiger partial charge in [0, 0.05) is 0 Å². The molecular formula is C12H15F3N4O3. The van der Waals surface area contributed by atoms with Crippen molar-refractivity contribution in [2.45, 2.75) is 18.3 Å². The first-order valence-corrected chi connectivity index (χ1v) is 6.23. The highest BCUT2D eigenvalue weighted by atomic mass is 19.4. The number of methoxy groups -OCH3 is 2. The fraction of sp³-hybridized carbons (Fsp3) is 0.417. The van der Waals surface area contributed by atoms with Gasteiger partial charge in [-0.3, -0.25) is 0 Å². The molecule has 1 saturated heterocycles. The number of carbonyl (C=O) groups excluding carboxylic acids is 1. The molecule has 2 atom stereocenters. The molecule has 1 fully saturated rings. The molecule has 0 saturated carbocycles. The van der Waals surface area contributed by atoms with Crippen LogP contribution < -0.4 is 21.1 Å². The van der Waals surface area contributed by atoms with E-state index >= 15 is 0 Å². The van der Waals surface area contributed by atoms with Gasteiger partial charge in [0.1, 0.15) is 11.8 Å². The second kappa shape index (κ2) is 6.38. The summed E-state index contributed by atoms with van der Waals surface area (Å²) >= 11 is 0. The Morgan fingerprint density at radius 2 is 1.86 bits per heavy atom. The average Bonchev–Trinajstić information content (AvgIpc) is 2.52. The lowest BCUT2D eigenvalue weighted by molar-refractivity contribution is -0.187. The van der Waals surface area contributed by atoms with E-state index in [4.69, 9.17) is 4.74 Å². The van der Waals surface area contributed by atoms with Gasteiger partial charge in [-0.2, -0.15) is 18.3 Å². The van der Waals surface area contributed by atoms with Gasteiger partial charge in [-0.05, 0) is 17.7 Å². The molecule has 0 radical (unpaired) electrons. The summed E-state index contributed by atoms with van der Waals surface area (Å²) in [4.78, 5) is 11.4. The molecule has 0 bridgehead atoms. The van der Waals surface area contributed by atoms with E-state index in [2.05, 4.69) is 21.1 Å². The number of hydrogen-bond donors (Lipinski definition) is 3. The predicted molar refractivity (Wildman–Crippen MR) is 69.2 cm³/mol. The number of halogens is 3. The molecule has 0 aromatic heterocycles. The molecule has 22 heavy (non-hydrogen) atoms. The predicted octanol–water partition coefficient (Wildman–Crippen LogP) is 1.26. The smallest absolute Gasteiger partial charge is 0.440 e. The van der Waals surface area contributed by atoms with Crippen molar-refractivity contribution in [2.75, 3.05) is 14.2 Å². The number of nitrogens with zero attached hydrogens (tertiary/aromatic N) is 1. The van der Waals surface area contributed by atoms with Crippen molar-refractivity contribution < 1.29 is 27.4 Å². The third kappa shape index (κ3) is 3.40. The van der Waals surface area contributed by atoms with Crippen molar-refractivity contribution in [1.29, 1.82) is 0 Å². The Morgan fingerprint density at radius 3 is 2.36 bits per heavy atom. The van der Waals surface area contributed by atoms with Crippen LogP contribution in [-0.4, -0.2) is 37.6 Å². The standard InChI is InChI=1S/C12H15F3N4O3/c1-21-8-5-3-7(4-6-8)9-10(12(13,14)15)16-18-19(17-9)11(20)22-2/h3-6,9-10,16-18H,1-2H3. The second-order valence-corrected chi connectivity index (χ2v) is 4.46. The van der Waals surface area contributed by atoms with Gasteiger partial charge in [0.25, 0.3) is 0 Å². The molecular weight excluding hydrogens is 305 g/mol. The Morgan fingerprint density at radius 1 is 1.23 bits per heavy atom. The summed E-state index contributed by atoms with van der Waals surface area (Å²) in [6, 6.07) is 2.87. The molecule has 1 amide bonds. The van der Waals surface area contributed by atoms with Gasteiger partial charge >= 0.3 is 12.3 Å². The van der Waals surface area contributed by atoms with Gasteiger partial charge in [-0.15, -0.1) is 5.53 Å². The molecule has 2 rings (SSSR count). The van der Waals surface area contributed by atoms with Crippen molar-refractivity contribution in [3.63, 3.8) is 0 Å². The van der Waals surface area contributed by atoms with Crippen LogP contribution in [0.4, 0.5) is 18.0 Å². The molecule has 1 aliphatic heterocycles. The summed E-state index contributed by atoms with van der Waals surface area (Å²) in [7, 11) is 2.57. The first-order chi connectivity index (χ1) is 10.4. The number of hydrazine groups is 3. The van der Waals surface area contributed by atoms with Crippen molar-refractivity contribution >= 4 is 6.09 Å². The molecule has 7 nitrogen and oxygen atoms in total. The molecule has 0 spiro atoms. The highest BCUT2D eigenvalue weighted by Crippen LogP contribution is 2.32. The van der Waals surface area contributed by atoms with Gasteiger partial charge in [0.2, 0.25) is 0 Å². The normalized spacial score (nSPS) is 22.3. The van der Waals surface area contributed by atoms with Crippen LogP contribution in [0.25, 0.3) is 0 Å². The maximum atomic E-state index is 13.1. The number of alkyl halides is 3. The Balaban J connectivity index is 2.28. The van der Waals surface area contributed by atoms with Gasteiger partial charge in [0.15, 0.2) is 0 Å². The fourth-order valence-corrected chi connectivity index (χ4v) is 2.00. The Bertz CT molecular complexity index is 523. The zero-order chi connectivity index (χ0) is 16.3. The highest BCUT2D eigenvalue weighted by Gasteiger charge is 2.48. The molecule has 1 aromatic carbocycles. The van der Waals surface area contributed by atoms with E-state index < -0.39 is 24.4 Å². The summed E-state index contributed by atoms with van der Waals surface area (Å²) in [5.74, 6) is 0.513. The van der Waals surface area contributed by atoms with Crippen molar-refractivity contribution in [3.8, 4) is 5.75 Å². The summed E-state index contributed by atoms with van der Waals surface area (Å²) in [5, 5.41) is 0.705. The van der Waals surface area contributed by atoms with Gasteiger partial charge in [0.05, 0.1) is 20.3 Å². The van der Waals surface area contributed by atoms with Crippen molar-refractivity contribution in [3.05, 3.63) is 29.8 Å². The minimum absolute atomic E-state index is 0.325. The quantitative estimate of drug-likeness (QED) is 0.762. The lowest BCUT2D eigenvalue weighted by atomic mass is 9.99. The van der Waals surface area contributed by atoms with Gasteiger partial charge in [-0.25, -0.2) is 15.6 Å². The summed E-state index contributed by atoms with van der Waals surface area (Å²) in [5.41, 5.74) is 6.92. The van der Waals surface area contributed by atoms with E-state index in [9.17, 15) is 18.0 Å². The van der Waals surface area contributed by atoms with E-state index in [1.165, 1.54) is 31.4 Å². The lowest BCUT2D eigenvalue weighted by Crippen LogP contribution is -2.71. The first-order valence-electron chi connectivity index (χ1n) is 6.23. The second-order valence-electron chi connectivity index (χ2n) is 4.46. The SMILES string of the molecule is COC(=O)N1NNC(C(F)(F)F)C(c2ccc(OC)cc2)N1. The Hall–Kier alpha value is -2.04. The number of benzene rings is 1. The molecule has 1 aromatic rings. The number of nitrogens with one attached hydrogen (secondary N) is 3. The summed E-state index contributed by atoms with van der Waals surface area (Å²) in [6.07, 6.45) is -5.42. The molecule has 10 heteroatoms. The van der Waals surface area contributed by atoms with Crippen LogP contribution in [0, 0.1) is 0 Å². The first kappa shape index (κ1) is 16.3. The van der Waals surface area contributed by atoms with Gasteiger partial charge in [-0.1, -0.05) is 12.1 Å². The highest BCUT2D eigenvalue weighted by molar-refractivity contribution is 5.66. The third-order valence-electron chi connectivity index (χ3n) is 3.12. The number of hydrogen-bond acceptors (Lipinski definition) is 6. The van der Waals surface area contributed by atoms with Gasteiger partial charge < -0.3 is 9.47 Å². The lowest BCUT2D eigenvalue weighted by Gasteiger charge is -2.40. The van der Waals surface area contributed by atoms with E-state index in [0.29, 0.717) is 16.4 Å². The Labute approximate surface area is 124 Å². The van der Waals surface area contributed by atoms with Crippen molar-refractivity contribution in [2.24, 2.45) is 0 Å². The topological polar surface area (TPSA) is 74.9 Å². The van der Waals surface area contributed by atoms with Crippen LogP contribution in [0.2, 0.25) is 0 Å². The van der Waals surface area contributed by atoms with E-state index in [1.54, 1.807) is 0 Å². The summed E-state index contributed by atoms with van der Waals surface area (Å²) < 4.78 is 48.8. The average molecular weight is 320 g/mol. The Kier molecular flexibility index (Phi) is 4.74. The van der Waals surface area contributed by atoms with Crippen LogP contribution in [0.15, 0.2) is 24.3 Å². The van der Waals surface area contributed by atoms with E-state index in [-0.39, 0.29) is 0 Å². The number of rotatable bonds is 2. The molecule has 2 unspecified atom stereocenters. The largest absolute Gasteiger partial charge is 0.497 e.